The second-order valence-electron chi connectivity index (χ2n) is 30.4. The maximum absolute atomic E-state index is 7.28. The van der Waals surface area contributed by atoms with Crippen LogP contribution in [-0.2, 0) is 32.5 Å². The molecule has 17 rings (SSSR count). The number of para-hydroxylation sites is 1. The highest BCUT2D eigenvalue weighted by Gasteiger charge is 2.62. The molecule has 4 heterocycles. The first kappa shape index (κ1) is 48.8. The molecule has 8 aliphatic rings. The summed E-state index contributed by atoms with van der Waals surface area (Å²) in [5, 5.41) is 3.81. The van der Waals surface area contributed by atoms with Gasteiger partial charge < -0.3 is 14.2 Å². The predicted molar refractivity (Wildman–Crippen MR) is 338 cm³/mol. The largest absolute Gasteiger partial charge is 0.454 e. The van der Waals surface area contributed by atoms with Gasteiger partial charge in [0.25, 0.3) is 6.71 Å². The highest BCUT2D eigenvalue weighted by atomic mass is 32.1. The molecule has 398 valence electrons. The van der Waals surface area contributed by atoms with Crippen molar-refractivity contribution in [3.63, 3.8) is 0 Å². The molecule has 0 N–H and O–H groups in total. The highest BCUT2D eigenvalue weighted by molar-refractivity contribution is 7.33. The van der Waals surface area contributed by atoms with E-state index in [-0.39, 0.29) is 39.2 Å². The molecule has 0 atom stereocenters. The molecular formula is C74H77BN2OS. The first-order chi connectivity index (χ1) is 37.5. The van der Waals surface area contributed by atoms with Crippen LogP contribution in [0.1, 0.15) is 174 Å². The van der Waals surface area contributed by atoms with E-state index in [4.69, 9.17) is 4.42 Å². The fraction of sp³-hybridized carbons (Fsp3) is 0.405. The Bertz CT molecular complexity index is 4110. The van der Waals surface area contributed by atoms with Crippen molar-refractivity contribution in [2.75, 3.05) is 9.80 Å². The molecule has 4 saturated carbocycles. The van der Waals surface area contributed by atoms with E-state index in [9.17, 15) is 0 Å². The van der Waals surface area contributed by atoms with Gasteiger partial charge >= 0.3 is 0 Å². The van der Waals surface area contributed by atoms with Crippen molar-refractivity contribution in [2.45, 2.75) is 167 Å². The second kappa shape index (κ2) is 15.7. The van der Waals surface area contributed by atoms with Gasteiger partial charge in [0.15, 0.2) is 5.58 Å². The molecule has 4 fully saturated rings. The van der Waals surface area contributed by atoms with Crippen LogP contribution in [0.25, 0.3) is 43.2 Å². The molecule has 3 nitrogen and oxygen atoms in total. The molecule has 79 heavy (non-hydrogen) atoms. The van der Waals surface area contributed by atoms with Gasteiger partial charge in [0, 0.05) is 53.8 Å². The lowest BCUT2D eigenvalue weighted by atomic mass is 9.36. The van der Waals surface area contributed by atoms with E-state index in [1.807, 2.05) is 0 Å². The maximum Gasteiger partial charge on any atom is 0.264 e. The van der Waals surface area contributed by atoms with E-state index < -0.39 is 0 Å². The third kappa shape index (κ3) is 6.55. The molecule has 6 aliphatic carbocycles. The van der Waals surface area contributed by atoms with Crippen LogP contribution < -0.4 is 25.5 Å². The Morgan fingerprint density at radius 2 is 1.16 bits per heavy atom. The SMILES string of the molecule is CC(C)(C)c1ccc2c(c1)N(c1ccc(C(C)(C)C)c3c1oc1ccccc13)c1cc(C(C)(C)C)cc3c1B2c1sc2cc4c(cc2c1N3c1ccc2c(c1)C1(c3ccccc3-2)C2CC3CC(C2)CC1C3)C(C)(C)CCC4(C)C. The van der Waals surface area contributed by atoms with Crippen LogP contribution in [0, 0.1) is 23.7 Å². The van der Waals surface area contributed by atoms with Crippen LogP contribution in [-0.4, -0.2) is 6.71 Å². The normalized spacial score (nSPS) is 23.8. The number of nitrogens with zero attached hydrogens (tertiary/aromatic N) is 2. The smallest absolute Gasteiger partial charge is 0.264 e. The Labute approximate surface area is 473 Å². The van der Waals surface area contributed by atoms with Crippen LogP contribution in [0.4, 0.5) is 34.1 Å². The standard InChI is InChI=1S/C74H77BN2OS/c1-69(2,3)43-22-26-57-59(35-43)77(58-27-25-53(71(7,8)9)64-50-19-15-17-21-62(50)78-67(58)64)61-37-44(70(4,5)6)36-60-65(61)75(57)68-66(51-39-55-56(40-63(51)79-68)73(12,13)29-28-72(55,10)11)76(60)47-23-24-49-48-18-14-16-20-52(48)74(54(49)38-47)45-31-41-30-42(33-45)34-46(74)32-41/h14-27,35-42,45-46H,28-34H2,1-13H3. The number of fused-ring (bicyclic) bond motifs is 13. The summed E-state index contributed by atoms with van der Waals surface area (Å²) in [6, 6.07) is 49.2. The van der Waals surface area contributed by atoms with Crippen molar-refractivity contribution < 1.29 is 4.42 Å². The molecule has 2 aliphatic heterocycles. The third-order valence-corrected chi connectivity index (χ3v) is 22.9. The Morgan fingerprint density at radius 3 is 1.86 bits per heavy atom. The molecule has 0 amide bonds. The lowest BCUT2D eigenvalue weighted by Gasteiger charge is -2.61. The van der Waals surface area contributed by atoms with Crippen LogP contribution in [0.5, 0.6) is 0 Å². The Morgan fingerprint density at radius 1 is 0.532 bits per heavy atom. The lowest BCUT2D eigenvalue weighted by Crippen LogP contribution is -2.60. The van der Waals surface area contributed by atoms with Crippen molar-refractivity contribution >= 4 is 99.9 Å². The van der Waals surface area contributed by atoms with Gasteiger partial charge in [-0.05, 0) is 211 Å². The number of hydrogen-bond donors (Lipinski definition) is 0. The van der Waals surface area contributed by atoms with Crippen molar-refractivity contribution in [3.05, 3.63) is 160 Å². The molecular weight excluding hydrogens is 976 g/mol. The molecule has 2 aromatic heterocycles. The topological polar surface area (TPSA) is 19.6 Å². The van der Waals surface area contributed by atoms with Gasteiger partial charge in [-0.15, -0.1) is 11.3 Å². The summed E-state index contributed by atoms with van der Waals surface area (Å²) in [5.74, 6) is 3.13. The zero-order valence-corrected chi connectivity index (χ0v) is 49.9. The average Bonchev–Trinajstić information content (AvgIpc) is 3.40. The van der Waals surface area contributed by atoms with E-state index in [0.29, 0.717) is 11.8 Å². The second-order valence-corrected chi connectivity index (χ2v) is 31.5. The summed E-state index contributed by atoms with van der Waals surface area (Å²) in [6.45, 7) is 31.4. The summed E-state index contributed by atoms with van der Waals surface area (Å²) in [5.41, 5.74) is 25.4. The summed E-state index contributed by atoms with van der Waals surface area (Å²) in [4.78, 5) is 5.49. The number of anilines is 6. The van der Waals surface area contributed by atoms with Gasteiger partial charge in [-0.2, -0.15) is 0 Å². The van der Waals surface area contributed by atoms with Crippen molar-refractivity contribution in [2.24, 2.45) is 23.7 Å². The van der Waals surface area contributed by atoms with Crippen molar-refractivity contribution in [1.29, 1.82) is 0 Å². The number of rotatable bonds is 2. The molecule has 5 heteroatoms. The van der Waals surface area contributed by atoms with Gasteiger partial charge in [0.2, 0.25) is 0 Å². The van der Waals surface area contributed by atoms with Crippen molar-refractivity contribution in [1.82, 2.24) is 0 Å². The first-order valence-corrected chi connectivity index (χ1v) is 31.1. The summed E-state index contributed by atoms with van der Waals surface area (Å²) < 4.78 is 10.1. The molecule has 7 aromatic carbocycles. The van der Waals surface area contributed by atoms with E-state index in [0.717, 1.165) is 28.7 Å². The Hall–Kier alpha value is -6.04. The quantitative estimate of drug-likeness (QED) is 0.161. The van der Waals surface area contributed by atoms with Crippen LogP contribution in [0.15, 0.2) is 126 Å². The summed E-state index contributed by atoms with van der Waals surface area (Å²) in [6.07, 6.45) is 9.31. The van der Waals surface area contributed by atoms with Gasteiger partial charge in [0.05, 0.1) is 11.4 Å². The monoisotopic (exact) mass is 1050 g/mol. The summed E-state index contributed by atoms with van der Waals surface area (Å²) >= 11 is 2.08. The fourth-order valence-corrected chi connectivity index (χ4v) is 19.2. The lowest BCUT2D eigenvalue weighted by molar-refractivity contribution is -0.0399. The molecule has 9 aromatic rings. The first-order valence-electron chi connectivity index (χ1n) is 30.2. The van der Waals surface area contributed by atoms with E-state index in [1.165, 1.54) is 149 Å². The third-order valence-electron chi connectivity index (χ3n) is 21.7. The zero-order chi connectivity index (χ0) is 54.4. The Balaban J connectivity index is 1.04. The van der Waals surface area contributed by atoms with Gasteiger partial charge in [-0.25, -0.2) is 0 Å². The van der Waals surface area contributed by atoms with Crippen LogP contribution in [0.2, 0.25) is 0 Å². The molecule has 1 spiro atoms. The van der Waals surface area contributed by atoms with Gasteiger partial charge in [0.1, 0.15) is 5.58 Å². The molecule has 0 radical (unpaired) electrons. The summed E-state index contributed by atoms with van der Waals surface area (Å²) in [7, 11) is 0. The minimum atomic E-state index is -0.160. The van der Waals surface area contributed by atoms with Gasteiger partial charge in [-0.1, -0.05) is 157 Å². The molecule has 4 bridgehead atoms. The minimum absolute atomic E-state index is 0.00967. The Kier molecular flexibility index (Phi) is 9.70. The van der Waals surface area contributed by atoms with E-state index in [1.54, 1.807) is 11.1 Å². The number of thiophene rings is 1. The van der Waals surface area contributed by atoms with Crippen molar-refractivity contribution in [3.8, 4) is 11.1 Å². The zero-order valence-electron chi connectivity index (χ0n) is 49.1. The van der Waals surface area contributed by atoms with E-state index >= 15 is 0 Å². The van der Waals surface area contributed by atoms with E-state index in [2.05, 4.69) is 232 Å². The number of furan rings is 1. The van der Waals surface area contributed by atoms with Gasteiger partial charge in [-0.3, -0.25) is 0 Å². The van der Waals surface area contributed by atoms with Crippen LogP contribution in [0.3, 0.4) is 0 Å². The number of hydrogen-bond acceptors (Lipinski definition) is 4. The maximum atomic E-state index is 7.28. The average molecular weight is 1050 g/mol. The predicted octanol–water partition coefficient (Wildman–Crippen LogP) is 18.8. The van der Waals surface area contributed by atoms with Crippen LogP contribution >= 0.6 is 11.3 Å². The number of benzene rings is 7. The molecule has 0 unspecified atom stereocenters. The fourth-order valence-electron chi connectivity index (χ4n) is 17.9. The highest BCUT2D eigenvalue weighted by Crippen LogP contribution is 2.70. The molecule has 0 saturated heterocycles. The minimum Gasteiger partial charge on any atom is -0.454 e.